The summed E-state index contributed by atoms with van der Waals surface area (Å²) in [6.07, 6.45) is 0.640. The Bertz CT molecular complexity index is 492. The molecule has 0 spiro atoms. The summed E-state index contributed by atoms with van der Waals surface area (Å²) in [5.74, 6) is 0.975. The van der Waals surface area contributed by atoms with Gasteiger partial charge in [0.2, 0.25) is 0 Å². The number of nitrogens with one attached hydrogen (secondary N) is 1. The van der Waals surface area contributed by atoms with E-state index in [1.807, 2.05) is 0 Å². The Balaban J connectivity index is 2.31. The van der Waals surface area contributed by atoms with Crippen LogP contribution >= 0.6 is 0 Å². The van der Waals surface area contributed by atoms with Crippen molar-refractivity contribution in [3.05, 3.63) is 35.4 Å². The fraction of sp³-hybridized carbons (Fsp3) is 0.273. The van der Waals surface area contributed by atoms with Gasteiger partial charge < -0.3 is 5.73 Å². The Morgan fingerprint density at radius 3 is 2.94 bits per heavy atom. The van der Waals surface area contributed by atoms with Crippen LogP contribution in [0.25, 0.3) is 11.4 Å². The second-order valence-electron chi connectivity index (χ2n) is 3.61. The third-order valence-electron chi connectivity index (χ3n) is 2.34. The smallest absolute Gasteiger partial charge is 0.181 e. The topological polar surface area (TPSA) is 67.6 Å². The Kier molecular flexibility index (Phi) is 2.96. The number of hydrogen-bond donors (Lipinski definition) is 2. The highest BCUT2D eigenvalue weighted by atomic mass is 19.1. The molecule has 3 N–H and O–H groups in total. The Hall–Kier alpha value is -1.75. The lowest BCUT2D eigenvalue weighted by Crippen LogP contribution is -2.03. The van der Waals surface area contributed by atoms with E-state index in [0.29, 0.717) is 29.9 Å². The second-order valence-corrected chi connectivity index (χ2v) is 3.61. The normalized spacial score (nSPS) is 10.7. The maximum absolute atomic E-state index is 13.3. The van der Waals surface area contributed by atoms with Crippen LogP contribution in [0, 0.1) is 12.7 Å². The van der Waals surface area contributed by atoms with E-state index in [1.54, 1.807) is 19.1 Å². The minimum Gasteiger partial charge on any atom is -0.330 e. The Labute approximate surface area is 92.7 Å². The van der Waals surface area contributed by atoms with Gasteiger partial charge in [-0.25, -0.2) is 9.37 Å². The SMILES string of the molecule is Cc1ccc(-c2n[nH]c(CCN)n2)cc1F. The van der Waals surface area contributed by atoms with Gasteiger partial charge in [-0.05, 0) is 25.1 Å². The molecule has 0 saturated carbocycles. The molecular weight excluding hydrogens is 207 g/mol. The van der Waals surface area contributed by atoms with E-state index in [2.05, 4.69) is 15.2 Å². The molecule has 1 heterocycles. The highest BCUT2D eigenvalue weighted by Crippen LogP contribution is 2.18. The van der Waals surface area contributed by atoms with Crippen LogP contribution in [-0.2, 0) is 6.42 Å². The van der Waals surface area contributed by atoms with E-state index >= 15 is 0 Å². The molecule has 1 aromatic carbocycles. The number of halogens is 1. The van der Waals surface area contributed by atoms with E-state index in [1.165, 1.54) is 6.07 Å². The third kappa shape index (κ3) is 2.09. The van der Waals surface area contributed by atoms with Gasteiger partial charge in [0.15, 0.2) is 5.82 Å². The summed E-state index contributed by atoms with van der Waals surface area (Å²) in [7, 11) is 0. The van der Waals surface area contributed by atoms with Crippen LogP contribution in [0.5, 0.6) is 0 Å². The van der Waals surface area contributed by atoms with Crippen molar-refractivity contribution in [1.29, 1.82) is 0 Å². The first-order valence-electron chi connectivity index (χ1n) is 5.08. The first kappa shape index (κ1) is 10.8. The van der Waals surface area contributed by atoms with Gasteiger partial charge in [0.05, 0.1) is 0 Å². The number of H-pyrrole nitrogens is 1. The van der Waals surface area contributed by atoms with E-state index in [-0.39, 0.29) is 5.82 Å². The van der Waals surface area contributed by atoms with Gasteiger partial charge >= 0.3 is 0 Å². The van der Waals surface area contributed by atoms with Crippen molar-refractivity contribution in [2.45, 2.75) is 13.3 Å². The number of nitrogens with two attached hydrogens (primary N) is 1. The molecule has 0 aliphatic rings. The molecule has 0 radical (unpaired) electrons. The number of rotatable bonds is 3. The lowest BCUT2D eigenvalue weighted by atomic mass is 10.1. The minimum absolute atomic E-state index is 0.248. The van der Waals surface area contributed by atoms with Crippen LogP contribution in [0.3, 0.4) is 0 Å². The summed E-state index contributed by atoms with van der Waals surface area (Å²) in [4.78, 5) is 4.23. The van der Waals surface area contributed by atoms with Crippen LogP contribution in [0.15, 0.2) is 18.2 Å². The molecule has 0 bridgehead atoms. The first-order valence-corrected chi connectivity index (χ1v) is 5.08. The van der Waals surface area contributed by atoms with Crippen molar-refractivity contribution in [2.75, 3.05) is 6.54 Å². The van der Waals surface area contributed by atoms with Gasteiger partial charge in [0.1, 0.15) is 11.6 Å². The quantitative estimate of drug-likeness (QED) is 0.822. The first-order chi connectivity index (χ1) is 7.70. The Morgan fingerprint density at radius 1 is 1.44 bits per heavy atom. The zero-order valence-corrected chi connectivity index (χ0v) is 9.00. The van der Waals surface area contributed by atoms with Gasteiger partial charge in [0.25, 0.3) is 0 Å². The predicted octanol–water partition coefficient (Wildman–Crippen LogP) is 1.42. The average Bonchev–Trinajstić information content (AvgIpc) is 2.71. The van der Waals surface area contributed by atoms with Crippen molar-refractivity contribution in [3.63, 3.8) is 0 Å². The summed E-state index contributed by atoms with van der Waals surface area (Å²) < 4.78 is 13.3. The van der Waals surface area contributed by atoms with Crippen molar-refractivity contribution in [1.82, 2.24) is 15.2 Å². The van der Waals surface area contributed by atoms with Crippen LogP contribution in [0.2, 0.25) is 0 Å². The molecule has 2 aromatic rings. The summed E-state index contributed by atoms with van der Waals surface area (Å²) >= 11 is 0. The van der Waals surface area contributed by atoms with Gasteiger partial charge in [-0.2, -0.15) is 5.10 Å². The van der Waals surface area contributed by atoms with Crippen LogP contribution in [0.4, 0.5) is 4.39 Å². The van der Waals surface area contributed by atoms with Gasteiger partial charge in [-0.15, -0.1) is 0 Å². The highest BCUT2D eigenvalue weighted by Gasteiger charge is 2.07. The summed E-state index contributed by atoms with van der Waals surface area (Å²) in [5, 5.41) is 6.79. The molecule has 0 aliphatic heterocycles. The Morgan fingerprint density at radius 2 is 2.25 bits per heavy atom. The summed E-state index contributed by atoms with van der Waals surface area (Å²) in [5.41, 5.74) is 6.69. The van der Waals surface area contributed by atoms with Crippen molar-refractivity contribution >= 4 is 0 Å². The number of nitrogens with zero attached hydrogens (tertiary/aromatic N) is 2. The molecule has 0 aliphatic carbocycles. The zero-order chi connectivity index (χ0) is 11.5. The molecule has 5 heteroatoms. The molecular formula is C11H13FN4. The molecule has 4 nitrogen and oxygen atoms in total. The molecule has 1 aromatic heterocycles. The summed E-state index contributed by atoms with van der Waals surface area (Å²) in [6, 6.07) is 4.95. The lowest BCUT2D eigenvalue weighted by molar-refractivity contribution is 0.619. The number of hydrogen-bond acceptors (Lipinski definition) is 3. The van der Waals surface area contributed by atoms with Gasteiger partial charge in [-0.3, -0.25) is 5.10 Å². The maximum atomic E-state index is 13.3. The molecule has 0 atom stereocenters. The summed E-state index contributed by atoms with van der Waals surface area (Å²) in [6.45, 7) is 2.23. The molecule has 0 saturated heterocycles. The van der Waals surface area contributed by atoms with E-state index in [9.17, 15) is 4.39 Å². The largest absolute Gasteiger partial charge is 0.330 e. The zero-order valence-electron chi connectivity index (χ0n) is 9.00. The molecule has 2 rings (SSSR count). The number of aryl methyl sites for hydroxylation is 1. The maximum Gasteiger partial charge on any atom is 0.181 e. The molecule has 0 unspecified atom stereocenters. The fourth-order valence-corrected chi connectivity index (χ4v) is 1.40. The lowest BCUT2D eigenvalue weighted by Gasteiger charge is -1.98. The average molecular weight is 220 g/mol. The highest BCUT2D eigenvalue weighted by molar-refractivity contribution is 5.55. The van der Waals surface area contributed by atoms with Gasteiger partial charge in [0, 0.05) is 12.0 Å². The monoisotopic (exact) mass is 220 g/mol. The number of aromatic nitrogens is 3. The van der Waals surface area contributed by atoms with Crippen LogP contribution in [-0.4, -0.2) is 21.7 Å². The standard InChI is InChI=1S/C11H13FN4/c1-7-2-3-8(6-9(7)12)11-14-10(4-5-13)15-16-11/h2-3,6H,4-5,13H2,1H3,(H,14,15,16). The molecule has 0 fully saturated rings. The van der Waals surface area contributed by atoms with Crippen LogP contribution in [0.1, 0.15) is 11.4 Å². The van der Waals surface area contributed by atoms with Crippen molar-refractivity contribution < 1.29 is 4.39 Å². The van der Waals surface area contributed by atoms with Crippen molar-refractivity contribution in [2.24, 2.45) is 5.73 Å². The fourth-order valence-electron chi connectivity index (χ4n) is 1.40. The minimum atomic E-state index is -0.248. The van der Waals surface area contributed by atoms with Crippen molar-refractivity contribution in [3.8, 4) is 11.4 Å². The van der Waals surface area contributed by atoms with E-state index < -0.39 is 0 Å². The number of benzene rings is 1. The molecule has 84 valence electrons. The van der Waals surface area contributed by atoms with Gasteiger partial charge in [-0.1, -0.05) is 12.1 Å². The molecule has 16 heavy (non-hydrogen) atoms. The predicted molar refractivity (Wildman–Crippen MR) is 59.3 cm³/mol. The number of aromatic amines is 1. The van der Waals surface area contributed by atoms with Crippen LogP contribution < -0.4 is 5.73 Å². The second kappa shape index (κ2) is 4.40. The van der Waals surface area contributed by atoms with E-state index in [4.69, 9.17) is 5.73 Å². The van der Waals surface area contributed by atoms with E-state index in [0.717, 1.165) is 5.82 Å². The molecule has 0 amide bonds. The third-order valence-corrected chi connectivity index (χ3v) is 2.34.